The Labute approximate surface area is 164 Å². The molecule has 0 radical (unpaired) electrons. The molecule has 0 spiro atoms. The molecule has 0 bridgehead atoms. The van der Waals surface area contributed by atoms with Crippen molar-refractivity contribution >= 4 is 22.6 Å². The second kappa shape index (κ2) is 7.92. The number of H-pyrrole nitrogens is 1. The Morgan fingerprint density at radius 2 is 2.18 bits per heavy atom. The minimum Gasteiger partial charge on any atom is -0.497 e. The Kier molecular flexibility index (Phi) is 5.19. The predicted octanol–water partition coefficient (Wildman–Crippen LogP) is 3.93. The van der Waals surface area contributed by atoms with E-state index in [1.807, 2.05) is 36.5 Å². The summed E-state index contributed by atoms with van der Waals surface area (Å²) in [5.74, 6) is 2.49. The van der Waals surface area contributed by atoms with E-state index in [0.717, 1.165) is 40.5 Å². The lowest BCUT2D eigenvalue weighted by atomic mass is 10.00. The fraction of sp³-hybridized carbons (Fsp3) is 0.364. The van der Waals surface area contributed by atoms with Gasteiger partial charge in [-0.1, -0.05) is 6.92 Å². The number of methoxy groups -OCH3 is 1. The first kappa shape index (κ1) is 18.3. The minimum absolute atomic E-state index is 0.106. The number of aromatic amines is 1. The van der Waals surface area contributed by atoms with E-state index in [0.29, 0.717) is 12.1 Å². The Morgan fingerprint density at radius 1 is 1.32 bits per heavy atom. The summed E-state index contributed by atoms with van der Waals surface area (Å²) in [4.78, 5) is 20.1. The molecule has 1 unspecified atom stereocenters. The number of aromatic nitrogens is 2. The van der Waals surface area contributed by atoms with Crippen LogP contribution in [-0.4, -0.2) is 36.1 Å². The van der Waals surface area contributed by atoms with Crippen molar-refractivity contribution in [2.24, 2.45) is 5.92 Å². The number of rotatable bonds is 8. The van der Waals surface area contributed by atoms with E-state index in [2.05, 4.69) is 27.5 Å². The number of anilines is 1. The Hall–Kier alpha value is -3.02. The number of hydrogen-bond acceptors (Lipinski definition) is 4. The van der Waals surface area contributed by atoms with Crippen LogP contribution in [0, 0.1) is 5.92 Å². The van der Waals surface area contributed by atoms with Gasteiger partial charge in [0.1, 0.15) is 11.6 Å². The average Bonchev–Trinajstić information content (AvgIpc) is 3.47. The normalized spacial score (nSPS) is 14.6. The highest BCUT2D eigenvalue weighted by atomic mass is 16.5. The van der Waals surface area contributed by atoms with Crippen molar-refractivity contribution in [3.63, 3.8) is 0 Å². The topological polar surface area (TPSA) is 79.0 Å². The number of nitrogens with one attached hydrogen (secondary N) is 3. The predicted molar refractivity (Wildman–Crippen MR) is 111 cm³/mol. The van der Waals surface area contributed by atoms with Crippen molar-refractivity contribution in [3.8, 4) is 5.75 Å². The summed E-state index contributed by atoms with van der Waals surface area (Å²) in [5.41, 5.74) is 2.80. The summed E-state index contributed by atoms with van der Waals surface area (Å²) < 4.78 is 5.33. The zero-order valence-corrected chi connectivity index (χ0v) is 16.3. The van der Waals surface area contributed by atoms with E-state index >= 15 is 0 Å². The number of ether oxygens (including phenoxy) is 1. The van der Waals surface area contributed by atoms with Crippen LogP contribution in [0.5, 0.6) is 5.75 Å². The summed E-state index contributed by atoms with van der Waals surface area (Å²) in [6, 6.07) is 9.65. The van der Waals surface area contributed by atoms with Gasteiger partial charge in [0.05, 0.1) is 12.7 Å². The molecule has 0 aliphatic heterocycles. The molecule has 1 amide bonds. The Bertz CT molecular complexity index is 960. The maximum absolute atomic E-state index is 12.5. The summed E-state index contributed by atoms with van der Waals surface area (Å²) in [7, 11) is 1.66. The van der Waals surface area contributed by atoms with Crippen molar-refractivity contribution in [1.29, 1.82) is 0 Å². The zero-order valence-electron chi connectivity index (χ0n) is 16.3. The average molecular weight is 378 g/mol. The largest absolute Gasteiger partial charge is 0.497 e. The van der Waals surface area contributed by atoms with Crippen LogP contribution in [0.2, 0.25) is 0 Å². The quantitative estimate of drug-likeness (QED) is 0.555. The number of benzene rings is 1. The molecule has 3 aromatic rings. The van der Waals surface area contributed by atoms with Gasteiger partial charge < -0.3 is 20.4 Å². The smallest absolute Gasteiger partial charge is 0.252 e. The van der Waals surface area contributed by atoms with Crippen LogP contribution >= 0.6 is 0 Å². The van der Waals surface area contributed by atoms with Crippen LogP contribution in [0.4, 0.5) is 5.82 Å². The van der Waals surface area contributed by atoms with Crippen LogP contribution in [0.1, 0.15) is 41.6 Å². The van der Waals surface area contributed by atoms with E-state index in [1.54, 1.807) is 13.3 Å². The number of pyridine rings is 1. The van der Waals surface area contributed by atoms with Gasteiger partial charge in [0, 0.05) is 42.3 Å². The molecule has 1 aliphatic rings. The van der Waals surface area contributed by atoms with Crippen molar-refractivity contribution in [2.45, 2.75) is 25.7 Å². The molecule has 1 aliphatic carbocycles. The molecule has 4 rings (SSSR count). The van der Waals surface area contributed by atoms with E-state index in [-0.39, 0.29) is 11.8 Å². The second-order valence-corrected chi connectivity index (χ2v) is 7.52. The van der Waals surface area contributed by atoms with Gasteiger partial charge >= 0.3 is 0 Å². The molecule has 2 aromatic heterocycles. The lowest BCUT2D eigenvalue weighted by molar-refractivity contribution is 0.0951. The summed E-state index contributed by atoms with van der Waals surface area (Å²) in [5, 5.41) is 7.45. The van der Waals surface area contributed by atoms with Gasteiger partial charge in [-0.3, -0.25) is 4.79 Å². The van der Waals surface area contributed by atoms with Crippen LogP contribution in [0.3, 0.4) is 0 Å². The van der Waals surface area contributed by atoms with Gasteiger partial charge in [-0.05, 0) is 54.7 Å². The number of carbonyl (C=O) groups is 1. The molecule has 6 nitrogen and oxygen atoms in total. The fourth-order valence-corrected chi connectivity index (χ4v) is 3.32. The SMILES string of the molecule is COc1ccc2[nH]cc(C(C)CNC(=O)c3ccc(NCC4CC4)nc3)c2c1. The Balaban J connectivity index is 1.36. The minimum atomic E-state index is -0.106. The fourth-order valence-electron chi connectivity index (χ4n) is 3.32. The van der Waals surface area contributed by atoms with Crippen LogP contribution in [-0.2, 0) is 0 Å². The third-order valence-corrected chi connectivity index (χ3v) is 5.32. The lowest BCUT2D eigenvalue weighted by Crippen LogP contribution is -2.27. The first-order chi connectivity index (χ1) is 13.6. The van der Waals surface area contributed by atoms with E-state index < -0.39 is 0 Å². The summed E-state index contributed by atoms with van der Waals surface area (Å²) in [6.45, 7) is 3.61. The second-order valence-electron chi connectivity index (χ2n) is 7.52. The highest BCUT2D eigenvalue weighted by molar-refractivity contribution is 5.94. The van der Waals surface area contributed by atoms with Crippen molar-refractivity contribution < 1.29 is 9.53 Å². The number of hydrogen-bond donors (Lipinski definition) is 3. The molecule has 0 saturated heterocycles. The molecule has 1 aromatic carbocycles. The van der Waals surface area contributed by atoms with Crippen LogP contribution in [0.25, 0.3) is 10.9 Å². The highest BCUT2D eigenvalue weighted by Gasteiger charge is 2.20. The number of fused-ring (bicyclic) bond motifs is 1. The molecule has 6 heteroatoms. The summed E-state index contributed by atoms with van der Waals surface area (Å²) >= 11 is 0. The number of nitrogens with zero attached hydrogens (tertiary/aromatic N) is 1. The van der Waals surface area contributed by atoms with Gasteiger partial charge in [0.15, 0.2) is 0 Å². The monoisotopic (exact) mass is 378 g/mol. The van der Waals surface area contributed by atoms with E-state index in [4.69, 9.17) is 4.74 Å². The molecule has 1 fully saturated rings. The maximum Gasteiger partial charge on any atom is 0.252 e. The third-order valence-electron chi connectivity index (χ3n) is 5.32. The van der Waals surface area contributed by atoms with Gasteiger partial charge in [0.2, 0.25) is 0 Å². The van der Waals surface area contributed by atoms with Crippen molar-refractivity contribution in [3.05, 3.63) is 53.9 Å². The third kappa shape index (κ3) is 4.11. The lowest BCUT2D eigenvalue weighted by Gasteiger charge is -2.13. The standard InChI is InChI=1S/C22H26N4O2/c1-14(19-13-23-20-7-6-17(28-2)9-18(19)20)10-26-22(27)16-5-8-21(25-12-16)24-11-15-3-4-15/h5-9,12-15,23H,3-4,10-11H2,1-2H3,(H,24,25)(H,26,27). The molecule has 3 N–H and O–H groups in total. The van der Waals surface area contributed by atoms with Gasteiger partial charge in [-0.2, -0.15) is 0 Å². The number of amides is 1. The highest BCUT2D eigenvalue weighted by Crippen LogP contribution is 2.29. The zero-order chi connectivity index (χ0) is 19.5. The summed E-state index contributed by atoms with van der Waals surface area (Å²) in [6.07, 6.45) is 6.23. The molecule has 146 valence electrons. The molecular formula is C22H26N4O2. The number of carbonyl (C=O) groups excluding carboxylic acids is 1. The molecule has 1 atom stereocenters. The molecule has 2 heterocycles. The van der Waals surface area contributed by atoms with Crippen LogP contribution in [0.15, 0.2) is 42.7 Å². The van der Waals surface area contributed by atoms with Crippen molar-refractivity contribution in [1.82, 2.24) is 15.3 Å². The first-order valence-corrected chi connectivity index (χ1v) is 9.77. The van der Waals surface area contributed by atoms with Crippen molar-refractivity contribution in [2.75, 3.05) is 25.5 Å². The molecule has 28 heavy (non-hydrogen) atoms. The van der Waals surface area contributed by atoms with E-state index in [9.17, 15) is 4.79 Å². The van der Waals surface area contributed by atoms with Gasteiger partial charge in [-0.15, -0.1) is 0 Å². The molecular weight excluding hydrogens is 352 g/mol. The first-order valence-electron chi connectivity index (χ1n) is 9.77. The Morgan fingerprint density at radius 3 is 2.89 bits per heavy atom. The van der Waals surface area contributed by atoms with Gasteiger partial charge in [0.25, 0.3) is 5.91 Å². The van der Waals surface area contributed by atoms with Gasteiger partial charge in [-0.25, -0.2) is 4.98 Å². The van der Waals surface area contributed by atoms with E-state index in [1.165, 1.54) is 12.8 Å². The van der Waals surface area contributed by atoms with Crippen LogP contribution < -0.4 is 15.4 Å². The maximum atomic E-state index is 12.5. The molecule has 1 saturated carbocycles.